The highest BCUT2D eigenvalue weighted by Gasteiger charge is 2.44. The molecule has 1 saturated heterocycles. The number of carbonyl (C=O) groups is 2. The Kier molecular flexibility index (Phi) is 4.71. The third kappa shape index (κ3) is 3.21. The SMILES string of the molecule is CC(=O)N1C(=S)N(Cc2ccccc2)C(=O)C1Cc1ccccc1. The van der Waals surface area contributed by atoms with E-state index in [-0.39, 0.29) is 16.9 Å². The van der Waals surface area contributed by atoms with E-state index in [1.54, 1.807) is 0 Å². The molecule has 1 fully saturated rings. The van der Waals surface area contributed by atoms with Crippen LogP contribution in [0.3, 0.4) is 0 Å². The van der Waals surface area contributed by atoms with Gasteiger partial charge in [0.15, 0.2) is 5.11 Å². The Morgan fingerprint density at radius 1 is 1.00 bits per heavy atom. The van der Waals surface area contributed by atoms with Gasteiger partial charge >= 0.3 is 0 Å². The first-order valence-electron chi connectivity index (χ1n) is 7.81. The molecule has 122 valence electrons. The fraction of sp³-hybridized carbons (Fsp3) is 0.211. The minimum Gasteiger partial charge on any atom is -0.282 e. The third-order valence-corrected chi connectivity index (χ3v) is 4.51. The van der Waals surface area contributed by atoms with Gasteiger partial charge in [-0.15, -0.1) is 0 Å². The largest absolute Gasteiger partial charge is 0.282 e. The van der Waals surface area contributed by atoms with Gasteiger partial charge in [-0.25, -0.2) is 0 Å². The number of thiocarbonyl (C=S) groups is 1. The molecule has 1 aliphatic heterocycles. The molecule has 0 aromatic heterocycles. The van der Waals surface area contributed by atoms with Crippen molar-refractivity contribution in [1.82, 2.24) is 9.80 Å². The van der Waals surface area contributed by atoms with E-state index >= 15 is 0 Å². The van der Waals surface area contributed by atoms with E-state index in [9.17, 15) is 9.59 Å². The molecular formula is C19H18N2O2S. The van der Waals surface area contributed by atoms with Crippen molar-refractivity contribution in [3.63, 3.8) is 0 Å². The highest BCUT2D eigenvalue weighted by molar-refractivity contribution is 7.80. The van der Waals surface area contributed by atoms with E-state index in [0.29, 0.717) is 13.0 Å². The normalized spacial score (nSPS) is 17.5. The smallest absolute Gasteiger partial charge is 0.252 e. The molecule has 0 N–H and O–H groups in total. The van der Waals surface area contributed by atoms with Crippen molar-refractivity contribution in [1.29, 1.82) is 0 Å². The minimum atomic E-state index is -0.568. The second kappa shape index (κ2) is 6.93. The van der Waals surface area contributed by atoms with E-state index in [1.807, 2.05) is 60.7 Å². The Bertz CT molecular complexity index is 761. The maximum Gasteiger partial charge on any atom is 0.252 e. The van der Waals surface area contributed by atoms with Gasteiger partial charge in [0.1, 0.15) is 6.04 Å². The van der Waals surface area contributed by atoms with Gasteiger partial charge in [0.05, 0.1) is 6.54 Å². The predicted octanol–water partition coefficient (Wildman–Crippen LogP) is 2.77. The molecule has 24 heavy (non-hydrogen) atoms. The molecule has 0 radical (unpaired) electrons. The zero-order valence-electron chi connectivity index (χ0n) is 13.4. The Morgan fingerprint density at radius 3 is 2.08 bits per heavy atom. The van der Waals surface area contributed by atoms with Crippen LogP contribution < -0.4 is 0 Å². The van der Waals surface area contributed by atoms with Crippen LogP contribution in [0.15, 0.2) is 60.7 Å². The number of hydrogen-bond acceptors (Lipinski definition) is 3. The number of hydrogen-bond donors (Lipinski definition) is 0. The van der Waals surface area contributed by atoms with Crippen molar-refractivity contribution >= 4 is 29.1 Å². The third-order valence-electron chi connectivity index (χ3n) is 4.09. The second-order valence-electron chi connectivity index (χ2n) is 5.79. The number of rotatable bonds is 4. The average molecular weight is 338 g/mol. The Morgan fingerprint density at radius 2 is 1.54 bits per heavy atom. The summed E-state index contributed by atoms with van der Waals surface area (Å²) in [5.41, 5.74) is 1.99. The van der Waals surface area contributed by atoms with Crippen molar-refractivity contribution in [3.8, 4) is 0 Å². The van der Waals surface area contributed by atoms with Crippen molar-refractivity contribution in [2.75, 3.05) is 0 Å². The lowest BCUT2D eigenvalue weighted by atomic mass is 10.0. The number of nitrogens with zero attached hydrogens (tertiary/aromatic N) is 2. The van der Waals surface area contributed by atoms with E-state index in [4.69, 9.17) is 12.2 Å². The maximum atomic E-state index is 12.9. The molecule has 4 nitrogen and oxygen atoms in total. The first-order chi connectivity index (χ1) is 11.6. The molecule has 2 aromatic rings. The number of benzene rings is 2. The van der Waals surface area contributed by atoms with Crippen molar-refractivity contribution in [2.24, 2.45) is 0 Å². The van der Waals surface area contributed by atoms with Gasteiger partial charge in [0.25, 0.3) is 5.91 Å². The van der Waals surface area contributed by atoms with Gasteiger partial charge in [-0.1, -0.05) is 60.7 Å². The van der Waals surface area contributed by atoms with E-state index < -0.39 is 6.04 Å². The van der Waals surface area contributed by atoms with E-state index in [2.05, 4.69) is 0 Å². The molecule has 1 heterocycles. The van der Waals surface area contributed by atoms with Gasteiger partial charge < -0.3 is 0 Å². The van der Waals surface area contributed by atoms with Gasteiger partial charge in [-0.05, 0) is 23.3 Å². The molecule has 2 aromatic carbocycles. The van der Waals surface area contributed by atoms with Crippen LogP contribution in [-0.2, 0) is 22.6 Å². The Balaban J connectivity index is 1.86. The standard InChI is InChI=1S/C19H18N2O2S/c1-14(22)21-17(12-15-8-4-2-5-9-15)18(23)20(19(21)24)13-16-10-6-3-7-11-16/h2-11,17H,12-13H2,1H3. The molecule has 1 unspecified atom stereocenters. The van der Waals surface area contributed by atoms with Crippen molar-refractivity contribution in [2.45, 2.75) is 25.9 Å². The van der Waals surface area contributed by atoms with Crippen LogP contribution >= 0.6 is 12.2 Å². The van der Waals surface area contributed by atoms with E-state index in [0.717, 1.165) is 11.1 Å². The molecular weight excluding hydrogens is 320 g/mol. The lowest BCUT2D eigenvalue weighted by molar-refractivity contribution is -0.133. The van der Waals surface area contributed by atoms with Gasteiger partial charge in [0, 0.05) is 13.3 Å². The Labute approximate surface area is 146 Å². The molecule has 1 atom stereocenters. The van der Waals surface area contributed by atoms with Crippen LogP contribution in [0.2, 0.25) is 0 Å². The minimum absolute atomic E-state index is 0.122. The summed E-state index contributed by atoms with van der Waals surface area (Å²) in [6, 6.07) is 18.8. The molecule has 5 heteroatoms. The van der Waals surface area contributed by atoms with Crippen molar-refractivity contribution < 1.29 is 9.59 Å². The first-order valence-corrected chi connectivity index (χ1v) is 8.21. The first kappa shape index (κ1) is 16.3. The van der Waals surface area contributed by atoms with Crippen LogP contribution in [0.25, 0.3) is 0 Å². The zero-order valence-corrected chi connectivity index (χ0v) is 14.2. The molecule has 1 aliphatic rings. The van der Waals surface area contributed by atoms with Crippen LogP contribution in [0.1, 0.15) is 18.1 Å². The predicted molar refractivity (Wildman–Crippen MR) is 96.0 cm³/mol. The molecule has 2 amide bonds. The highest BCUT2D eigenvalue weighted by atomic mass is 32.1. The maximum absolute atomic E-state index is 12.9. The molecule has 3 rings (SSSR count). The average Bonchev–Trinajstić information content (AvgIpc) is 2.81. The summed E-state index contributed by atoms with van der Waals surface area (Å²) in [5, 5.41) is 0.289. The van der Waals surface area contributed by atoms with Crippen LogP contribution in [0.5, 0.6) is 0 Å². The van der Waals surface area contributed by atoms with Crippen LogP contribution in [0.4, 0.5) is 0 Å². The van der Waals surface area contributed by atoms with Crippen LogP contribution in [-0.4, -0.2) is 32.8 Å². The topological polar surface area (TPSA) is 40.6 Å². The fourth-order valence-electron chi connectivity index (χ4n) is 2.93. The van der Waals surface area contributed by atoms with E-state index in [1.165, 1.54) is 16.7 Å². The van der Waals surface area contributed by atoms with Gasteiger partial charge in [-0.2, -0.15) is 0 Å². The van der Waals surface area contributed by atoms with Crippen molar-refractivity contribution in [3.05, 3.63) is 71.8 Å². The molecule has 0 spiro atoms. The fourth-order valence-corrected chi connectivity index (χ4v) is 3.34. The molecule has 0 aliphatic carbocycles. The lowest BCUT2D eigenvalue weighted by Gasteiger charge is -2.20. The van der Waals surface area contributed by atoms with Crippen LogP contribution in [0, 0.1) is 0 Å². The second-order valence-corrected chi connectivity index (χ2v) is 6.15. The number of amides is 2. The zero-order chi connectivity index (χ0) is 17.1. The van der Waals surface area contributed by atoms with Gasteiger partial charge in [0.2, 0.25) is 5.91 Å². The molecule has 0 bridgehead atoms. The summed E-state index contributed by atoms with van der Waals surface area (Å²) in [4.78, 5) is 27.9. The van der Waals surface area contributed by atoms with Gasteiger partial charge in [-0.3, -0.25) is 19.4 Å². The summed E-state index contributed by atoms with van der Waals surface area (Å²) in [6.45, 7) is 1.83. The Hall–Kier alpha value is -2.53. The summed E-state index contributed by atoms with van der Waals surface area (Å²) >= 11 is 5.42. The highest BCUT2D eigenvalue weighted by Crippen LogP contribution is 2.23. The molecule has 0 saturated carbocycles. The monoisotopic (exact) mass is 338 g/mol. The number of carbonyl (C=O) groups excluding carboxylic acids is 2. The summed E-state index contributed by atoms with van der Waals surface area (Å²) in [6.07, 6.45) is 0.463. The summed E-state index contributed by atoms with van der Waals surface area (Å²) in [7, 11) is 0. The summed E-state index contributed by atoms with van der Waals surface area (Å²) in [5.74, 6) is -0.326. The lowest BCUT2D eigenvalue weighted by Crippen LogP contribution is -2.40. The summed E-state index contributed by atoms with van der Waals surface area (Å²) < 4.78 is 0. The quantitative estimate of drug-likeness (QED) is 0.805.